The molecule has 1 saturated carbocycles. The monoisotopic (exact) mass is 436 g/mol. The van der Waals surface area contributed by atoms with Crippen LogP contribution in [0.3, 0.4) is 0 Å². The van der Waals surface area contributed by atoms with Crippen LogP contribution >= 0.6 is 0 Å². The average molecular weight is 436 g/mol. The average Bonchev–Trinajstić information content (AvgIpc) is 3.48. The third-order valence-electron chi connectivity index (χ3n) is 5.70. The summed E-state index contributed by atoms with van der Waals surface area (Å²) in [6, 6.07) is 8.78. The van der Waals surface area contributed by atoms with E-state index in [0.717, 1.165) is 57.3 Å². The molecule has 6 nitrogen and oxygen atoms in total. The lowest BCUT2D eigenvalue weighted by Crippen LogP contribution is -2.35. The van der Waals surface area contributed by atoms with Crippen LogP contribution in [0.1, 0.15) is 42.6 Å². The zero-order valence-corrected chi connectivity index (χ0v) is 17.5. The van der Waals surface area contributed by atoms with Crippen molar-refractivity contribution in [2.24, 2.45) is 5.92 Å². The maximum absolute atomic E-state index is 13.1. The van der Waals surface area contributed by atoms with Crippen molar-refractivity contribution in [1.82, 2.24) is 14.7 Å². The number of benzene rings is 1. The second-order valence-corrected chi connectivity index (χ2v) is 8.39. The Morgan fingerprint density at radius 3 is 2.68 bits per heavy atom. The molecular weight excluding hydrogens is 409 g/mol. The maximum Gasteiger partial charge on any atom is 0.435 e. The first-order valence-corrected chi connectivity index (χ1v) is 10.6. The number of morpholine rings is 1. The van der Waals surface area contributed by atoms with Gasteiger partial charge in [0, 0.05) is 36.9 Å². The number of hydrogen-bond donors (Lipinski definition) is 1. The molecule has 168 valence electrons. The van der Waals surface area contributed by atoms with E-state index in [2.05, 4.69) is 15.3 Å². The summed E-state index contributed by atoms with van der Waals surface area (Å²) in [6.45, 7) is 5.79. The fourth-order valence-corrected chi connectivity index (χ4v) is 3.80. The summed E-state index contributed by atoms with van der Waals surface area (Å²) in [5, 5.41) is 6.64. The Balaban J connectivity index is 1.39. The number of anilines is 1. The molecule has 1 atom stereocenters. The Morgan fingerprint density at radius 2 is 2.00 bits per heavy atom. The van der Waals surface area contributed by atoms with Gasteiger partial charge in [0.2, 0.25) is 5.91 Å². The number of alkyl halides is 3. The SMILES string of the molecule is CC(Cn1nc(C(F)(F)F)cc1C1CC1)C(=O)Nc1cccc(CN2CCOCC2)c1. The van der Waals surface area contributed by atoms with Crippen LogP contribution < -0.4 is 5.32 Å². The molecule has 1 aliphatic carbocycles. The van der Waals surface area contributed by atoms with Crippen LogP contribution in [0.25, 0.3) is 0 Å². The van der Waals surface area contributed by atoms with Crippen molar-refractivity contribution < 1.29 is 22.7 Å². The van der Waals surface area contributed by atoms with E-state index >= 15 is 0 Å². The van der Waals surface area contributed by atoms with E-state index in [0.29, 0.717) is 11.4 Å². The highest BCUT2D eigenvalue weighted by Crippen LogP contribution is 2.42. The fourth-order valence-electron chi connectivity index (χ4n) is 3.80. The van der Waals surface area contributed by atoms with Crippen molar-refractivity contribution in [2.45, 2.75) is 44.9 Å². The van der Waals surface area contributed by atoms with Crippen molar-refractivity contribution in [2.75, 3.05) is 31.6 Å². The van der Waals surface area contributed by atoms with Crippen molar-refractivity contribution in [3.05, 3.63) is 47.3 Å². The third-order valence-corrected chi connectivity index (χ3v) is 5.70. The molecule has 1 aliphatic heterocycles. The Labute approximate surface area is 179 Å². The molecule has 2 heterocycles. The molecule has 0 spiro atoms. The van der Waals surface area contributed by atoms with Crippen molar-refractivity contribution in [3.63, 3.8) is 0 Å². The largest absolute Gasteiger partial charge is 0.435 e. The van der Waals surface area contributed by atoms with Gasteiger partial charge in [0.25, 0.3) is 0 Å². The van der Waals surface area contributed by atoms with Gasteiger partial charge in [-0.15, -0.1) is 0 Å². The van der Waals surface area contributed by atoms with Crippen molar-refractivity contribution >= 4 is 11.6 Å². The van der Waals surface area contributed by atoms with E-state index < -0.39 is 17.8 Å². The van der Waals surface area contributed by atoms with Gasteiger partial charge in [-0.3, -0.25) is 14.4 Å². The number of amides is 1. The highest BCUT2D eigenvalue weighted by Gasteiger charge is 2.38. The normalized spacial score (nSPS) is 18.7. The Bertz CT molecular complexity index is 918. The Kier molecular flexibility index (Phi) is 6.34. The number of carbonyl (C=O) groups is 1. The number of ether oxygens (including phenoxy) is 1. The number of rotatable bonds is 7. The zero-order chi connectivity index (χ0) is 22.0. The van der Waals surface area contributed by atoms with Gasteiger partial charge in [0.1, 0.15) is 0 Å². The Morgan fingerprint density at radius 1 is 1.26 bits per heavy atom. The van der Waals surface area contributed by atoms with E-state index in [1.807, 2.05) is 24.3 Å². The molecule has 2 aromatic rings. The van der Waals surface area contributed by atoms with Gasteiger partial charge in [-0.1, -0.05) is 19.1 Å². The Hall–Kier alpha value is -2.39. The molecular formula is C22H27F3N4O2. The lowest BCUT2D eigenvalue weighted by Gasteiger charge is -2.26. The molecule has 2 aliphatic rings. The predicted molar refractivity (Wildman–Crippen MR) is 110 cm³/mol. The quantitative estimate of drug-likeness (QED) is 0.716. The molecule has 1 aromatic heterocycles. The smallest absolute Gasteiger partial charge is 0.379 e. The number of nitrogens with one attached hydrogen (secondary N) is 1. The van der Waals surface area contributed by atoms with E-state index in [-0.39, 0.29) is 18.4 Å². The van der Waals surface area contributed by atoms with Gasteiger partial charge in [0.05, 0.1) is 25.7 Å². The minimum Gasteiger partial charge on any atom is -0.379 e. The number of halogens is 3. The first-order chi connectivity index (χ1) is 14.8. The third kappa shape index (κ3) is 5.65. The molecule has 1 aromatic carbocycles. The van der Waals surface area contributed by atoms with E-state index in [1.165, 1.54) is 4.68 Å². The summed E-state index contributed by atoms with van der Waals surface area (Å²) >= 11 is 0. The summed E-state index contributed by atoms with van der Waals surface area (Å²) < 4.78 is 46.0. The maximum atomic E-state index is 13.1. The highest BCUT2D eigenvalue weighted by molar-refractivity contribution is 5.92. The number of aromatic nitrogens is 2. The summed E-state index contributed by atoms with van der Waals surface area (Å²) in [4.78, 5) is 15.0. The van der Waals surface area contributed by atoms with Crippen LogP contribution in [-0.2, 0) is 28.8 Å². The topological polar surface area (TPSA) is 59.4 Å². The van der Waals surface area contributed by atoms with Crippen molar-refractivity contribution in [1.29, 1.82) is 0 Å². The van der Waals surface area contributed by atoms with E-state index in [9.17, 15) is 18.0 Å². The van der Waals surface area contributed by atoms with E-state index in [4.69, 9.17) is 4.74 Å². The van der Waals surface area contributed by atoms with E-state index in [1.54, 1.807) is 6.92 Å². The van der Waals surface area contributed by atoms with Crippen molar-refractivity contribution in [3.8, 4) is 0 Å². The minimum atomic E-state index is -4.48. The highest BCUT2D eigenvalue weighted by atomic mass is 19.4. The zero-order valence-electron chi connectivity index (χ0n) is 17.5. The summed E-state index contributed by atoms with van der Waals surface area (Å²) in [7, 11) is 0. The molecule has 1 amide bonds. The number of carbonyl (C=O) groups excluding carboxylic acids is 1. The predicted octanol–water partition coefficient (Wildman–Crippen LogP) is 3.89. The van der Waals surface area contributed by atoms with Crippen LogP contribution in [0, 0.1) is 5.92 Å². The van der Waals surface area contributed by atoms with Crippen LogP contribution in [0.5, 0.6) is 0 Å². The second kappa shape index (κ2) is 9.00. The van der Waals surface area contributed by atoms with Crippen LogP contribution in [0.15, 0.2) is 30.3 Å². The van der Waals surface area contributed by atoms with Gasteiger partial charge < -0.3 is 10.1 Å². The van der Waals surface area contributed by atoms with Crippen LogP contribution in [-0.4, -0.2) is 46.9 Å². The minimum absolute atomic E-state index is 0.107. The van der Waals surface area contributed by atoms with Gasteiger partial charge >= 0.3 is 6.18 Å². The van der Waals surface area contributed by atoms with Gasteiger partial charge in [-0.2, -0.15) is 18.3 Å². The van der Waals surface area contributed by atoms with Gasteiger partial charge in [0.15, 0.2) is 5.69 Å². The molecule has 2 fully saturated rings. The fraction of sp³-hybridized carbons (Fsp3) is 0.545. The lowest BCUT2D eigenvalue weighted by molar-refractivity contribution is -0.141. The van der Waals surface area contributed by atoms with Gasteiger partial charge in [-0.25, -0.2) is 0 Å². The van der Waals surface area contributed by atoms with Crippen LogP contribution in [0.4, 0.5) is 18.9 Å². The summed E-state index contributed by atoms with van der Waals surface area (Å²) in [6.07, 6.45) is -2.76. The molecule has 4 rings (SSSR count). The standard InChI is InChI=1S/C22H27F3N4O2/c1-15(13-29-19(17-5-6-17)12-20(27-29)22(23,24)25)21(30)26-18-4-2-3-16(11-18)14-28-7-9-31-10-8-28/h2-4,11-12,15,17H,5-10,13-14H2,1H3,(H,26,30). The molecule has 1 unspecified atom stereocenters. The molecule has 0 radical (unpaired) electrons. The lowest BCUT2D eigenvalue weighted by atomic mass is 10.1. The van der Waals surface area contributed by atoms with Gasteiger partial charge in [-0.05, 0) is 36.6 Å². The second-order valence-electron chi connectivity index (χ2n) is 8.39. The number of hydrogen-bond acceptors (Lipinski definition) is 4. The molecule has 9 heteroatoms. The van der Waals surface area contributed by atoms with Crippen LogP contribution in [0.2, 0.25) is 0 Å². The molecule has 1 saturated heterocycles. The molecule has 0 bridgehead atoms. The summed E-state index contributed by atoms with van der Waals surface area (Å²) in [5.41, 5.74) is 1.45. The first kappa shape index (κ1) is 21.8. The summed E-state index contributed by atoms with van der Waals surface area (Å²) in [5.74, 6) is -0.661. The molecule has 1 N–H and O–H groups in total. The first-order valence-electron chi connectivity index (χ1n) is 10.6. The number of nitrogens with zero attached hydrogens (tertiary/aromatic N) is 3. The molecule has 31 heavy (non-hydrogen) atoms.